The van der Waals surface area contributed by atoms with E-state index >= 15 is 0 Å². The van der Waals surface area contributed by atoms with Crippen molar-refractivity contribution >= 4 is 11.8 Å². The van der Waals surface area contributed by atoms with E-state index in [1.165, 1.54) is 0 Å². The molecule has 0 radical (unpaired) electrons. The molecule has 2 amide bonds. The van der Waals surface area contributed by atoms with Gasteiger partial charge in [-0.3, -0.25) is 20.4 Å². The molecular weight excluding hydrogens is 328 g/mol. The monoisotopic (exact) mass is 354 g/mol. The molecular formula is C20H26N4O2. The van der Waals surface area contributed by atoms with Gasteiger partial charge in [-0.05, 0) is 37.8 Å². The zero-order chi connectivity index (χ0) is 18.8. The Kier molecular flexibility index (Phi) is 7.79. The summed E-state index contributed by atoms with van der Waals surface area (Å²) in [4.78, 5) is 23.7. The highest BCUT2D eigenvalue weighted by Crippen LogP contribution is 2.02. The van der Waals surface area contributed by atoms with E-state index in [9.17, 15) is 9.59 Å². The molecule has 0 fully saturated rings. The molecule has 0 aliphatic heterocycles. The lowest BCUT2D eigenvalue weighted by Gasteiger charge is -2.16. The van der Waals surface area contributed by atoms with Crippen LogP contribution in [-0.2, 0) is 22.4 Å². The minimum Gasteiger partial charge on any atom is -0.283 e. The lowest BCUT2D eigenvalue weighted by atomic mass is 10.1. The van der Waals surface area contributed by atoms with Crippen LogP contribution in [-0.4, -0.2) is 23.9 Å². The van der Waals surface area contributed by atoms with Crippen LogP contribution in [0.15, 0.2) is 60.7 Å². The Balaban J connectivity index is 1.66. The SMILES string of the molecule is C[C@H](Cc1ccccc1)NNC(=O)C(=O)NN[C@H](C)Cc1ccccc1. The molecule has 0 unspecified atom stereocenters. The number of carbonyl (C=O) groups is 2. The molecule has 0 saturated carbocycles. The fourth-order valence-corrected chi connectivity index (χ4v) is 2.53. The molecule has 2 aromatic carbocycles. The first-order valence-corrected chi connectivity index (χ1v) is 8.74. The first-order valence-electron chi connectivity index (χ1n) is 8.74. The standard InChI is InChI=1S/C20H26N4O2/c1-15(13-17-9-5-3-6-10-17)21-23-19(25)20(26)24-22-16(2)14-18-11-7-4-8-12-18/h3-12,15-16,21-22H,13-14H2,1-2H3,(H,23,25)(H,24,26)/t15-,16-/m1/s1. The van der Waals surface area contributed by atoms with Crippen molar-refractivity contribution in [2.45, 2.75) is 38.8 Å². The van der Waals surface area contributed by atoms with Crippen LogP contribution in [0.3, 0.4) is 0 Å². The van der Waals surface area contributed by atoms with Gasteiger partial charge in [-0.25, -0.2) is 10.9 Å². The van der Waals surface area contributed by atoms with E-state index < -0.39 is 11.8 Å². The van der Waals surface area contributed by atoms with Crippen molar-refractivity contribution in [2.24, 2.45) is 0 Å². The van der Waals surface area contributed by atoms with Gasteiger partial charge in [-0.1, -0.05) is 60.7 Å². The Morgan fingerprint density at radius 1 is 0.692 bits per heavy atom. The summed E-state index contributed by atoms with van der Waals surface area (Å²) in [6, 6.07) is 19.9. The van der Waals surface area contributed by atoms with Crippen molar-refractivity contribution in [1.82, 2.24) is 21.7 Å². The van der Waals surface area contributed by atoms with Crippen molar-refractivity contribution in [1.29, 1.82) is 0 Å². The lowest BCUT2D eigenvalue weighted by molar-refractivity contribution is -0.140. The van der Waals surface area contributed by atoms with E-state index in [2.05, 4.69) is 21.7 Å². The van der Waals surface area contributed by atoms with E-state index in [1.54, 1.807) is 0 Å². The topological polar surface area (TPSA) is 82.3 Å². The van der Waals surface area contributed by atoms with Gasteiger partial charge in [0, 0.05) is 12.1 Å². The molecule has 138 valence electrons. The predicted molar refractivity (Wildman–Crippen MR) is 102 cm³/mol. The molecule has 0 spiro atoms. The van der Waals surface area contributed by atoms with Crippen molar-refractivity contribution in [3.05, 3.63) is 71.8 Å². The summed E-state index contributed by atoms with van der Waals surface area (Å²) < 4.78 is 0. The quantitative estimate of drug-likeness (QED) is 0.428. The number of hydrogen-bond acceptors (Lipinski definition) is 4. The van der Waals surface area contributed by atoms with Crippen molar-refractivity contribution < 1.29 is 9.59 Å². The number of nitrogens with one attached hydrogen (secondary N) is 4. The zero-order valence-corrected chi connectivity index (χ0v) is 15.2. The molecule has 6 nitrogen and oxygen atoms in total. The van der Waals surface area contributed by atoms with E-state index in [-0.39, 0.29) is 12.1 Å². The fraction of sp³-hybridized carbons (Fsp3) is 0.300. The molecule has 0 aliphatic carbocycles. The maximum absolute atomic E-state index is 11.8. The Morgan fingerprint density at radius 2 is 1.04 bits per heavy atom. The minimum atomic E-state index is -0.732. The van der Waals surface area contributed by atoms with Crippen molar-refractivity contribution in [2.75, 3.05) is 0 Å². The summed E-state index contributed by atoms with van der Waals surface area (Å²) in [6.45, 7) is 3.87. The third-order valence-electron chi connectivity index (χ3n) is 3.84. The molecule has 0 aliphatic rings. The molecule has 6 heteroatoms. The van der Waals surface area contributed by atoms with Gasteiger partial charge in [0.15, 0.2) is 0 Å². The molecule has 0 bridgehead atoms. The van der Waals surface area contributed by atoms with Crippen molar-refractivity contribution in [3.63, 3.8) is 0 Å². The smallest absolute Gasteiger partial charge is 0.283 e. The van der Waals surface area contributed by atoms with Crippen LogP contribution < -0.4 is 21.7 Å². The number of rotatable bonds is 8. The number of hydrazine groups is 2. The van der Waals surface area contributed by atoms with Gasteiger partial charge in [0.25, 0.3) is 0 Å². The molecule has 2 rings (SSSR count). The number of amides is 2. The highest BCUT2D eigenvalue weighted by atomic mass is 16.2. The molecule has 26 heavy (non-hydrogen) atoms. The summed E-state index contributed by atoms with van der Waals surface area (Å²) >= 11 is 0. The van der Waals surface area contributed by atoms with Crippen LogP contribution >= 0.6 is 0 Å². The first-order chi connectivity index (χ1) is 12.5. The predicted octanol–water partition coefficient (Wildman–Crippen LogP) is 1.49. The average molecular weight is 354 g/mol. The third-order valence-corrected chi connectivity index (χ3v) is 3.84. The van der Waals surface area contributed by atoms with Gasteiger partial charge < -0.3 is 0 Å². The zero-order valence-electron chi connectivity index (χ0n) is 15.2. The Labute approximate surface area is 154 Å². The van der Waals surface area contributed by atoms with Crippen LogP contribution in [0.25, 0.3) is 0 Å². The Hall–Kier alpha value is -2.70. The molecule has 0 saturated heterocycles. The van der Waals surface area contributed by atoms with Gasteiger partial charge >= 0.3 is 11.8 Å². The van der Waals surface area contributed by atoms with E-state index in [1.807, 2.05) is 74.5 Å². The number of hydrogen-bond donors (Lipinski definition) is 4. The Bertz CT molecular complexity index is 630. The van der Waals surface area contributed by atoms with Gasteiger partial charge in [0.2, 0.25) is 0 Å². The second-order valence-electron chi connectivity index (χ2n) is 6.38. The average Bonchev–Trinajstić information content (AvgIpc) is 2.65. The van der Waals surface area contributed by atoms with Crippen molar-refractivity contribution in [3.8, 4) is 0 Å². The normalized spacial score (nSPS) is 12.8. The van der Waals surface area contributed by atoms with E-state index in [4.69, 9.17) is 0 Å². The van der Waals surface area contributed by atoms with Crippen LogP contribution in [0.4, 0.5) is 0 Å². The van der Waals surface area contributed by atoms with Gasteiger partial charge in [-0.15, -0.1) is 0 Å². The Morgan fingerprint density at radius 3 is 1.38 bits per heavy atom. The van der Waals surface area contributed by atoms with Crippen LogP contribution in [0.5, 0.6) is 0 Å². The second-order valence-corrected chi connectivity index (χ2v) is 6.38. The minimum absolute atomic E-state index is 0.000821. The van der Waals surface area contributed by atoms with E-state index in [0.29, 0.717) is 0 Å². The lowest BCUT2D eigenvalue weighted by Crippen LogP contribution is -2.54. The highest BCUT2D eigenvalue weighted by Gasteiger charge is 2.15. The highest BCUT2D eigenvalue weighted by molar-refractivity contribution is 6.34. The van der Waals surface area contributed by atoms with Gasteiger partial charge in [0.1, 0.15) is 0 Å². The summed E-state index contributed by atoms with van der Waals surface area (Å²) in [6.07, 6.45) is 1.49. The van der Waals surface area contributed by atoms with E-state index in [0.717, 1.165) is 24.0 Å². The summed E-state index contributed by atoms with van der Waals surface area (Å²) in [5.74, 6) is -1.46. The third kappa shape index (κ3) is 7.04. The van der Waals surface area contributed by atoms with Gasteiger partial charge in [-0.2, -0.15) is 0 Å². The molecule has 2 aromatic rings. The number of carbonyl (C=O) groups excluding carboxylic acids is 2. The van der Waals surface area contributed by atoms with Gasteiger partial charge in [0.05, 0.1) is 0 Å². The molecule has 4 N–H and O–H groups in total. The van der Waals surface area contributed by atoms with Crippen LogP contribution in [0.1, 0.15) is 25.0 Å². The molecule has 2 atom stereocenters. The second kappa shape index (κ2) is 10.3. The largest absolute Gasteiger partial charge is 0.324 e. The molecule has 0 aromatic heterocycles. The summed E-state index contributed by atoms with van der Waals surface area (Å²) in [5.41, 5.74) is 12.9. The summed E-state index contributed by atoms with van der Waals surface area (Å²) in [5, 5.41) is 0. The maximum Gasteiger partial charge on any atom is 0.324 e. The van der Waals surface area contributed by atoms with Crippen LogP contribution in [0, 0.1) is 0 Å². The maximum atomic E-state index is 11.8. The molecule has 0 heterocycles. The van der Waals surface area contributed by atoms with Crippen LogP contribution in [0.2, 0.25) is 0 Å². The number of benzene rings is 2. The first kappa shape index (κ1) is 19.6. The fourth-order valence-electron chi connectivity index (χ4n) is 2.53. The summed E-state index contributed by atoms with van der Waals surface area (Å²) in [7, 11) is 0.